The number of benzene rings is 2. The lowest BCUT2D eigenvalue weighted by Gasteiger charge is -2.14. The molecule has 0 atom stereocenters. The summed E-state index contributed by atoms with van der Waals surface area (Å²) in [5.74, 6) is 0.0485. The van der Waals surface area contributed by atoms with Crippen molar-refractivity contribution in [2.24, 2.45) is 0 Å². The van der Waals surface area contributed by atoms with Crippen molar-refractivity contribution in [1.82, 2.24) is 5.32 Å². The maximum Gasteiger partial charge on any atom is 0.407 e. The molecule has 0 unspecified atom stereocenters. The monoisotopic (exact) mass is 852 g/mol. The molecule has 60 heavy (non-hydrogen) atoms. The van der Waals surface area contributed by atoms with Gasteiger partial charge in [-0.2, -0.15) is 0 Å². The number of ether oxygens (including phenoxy) is 13. The van der Waals surface area contributed by atoms with Crippen LogP contribution in [0.25, 0.3) is 11.1 Å². The van der Waals surface area contributed by atoms with E-state index in [2.05, 4.69) is 36.5 Å². The summed E-state index contributed by atoms with van der Waals surface area (Å²) in [5.41, 5.74) is 4.81. The molecule has 1 N–H and O–H groups in total. The molecule has 1 amide bonds. The highest BCUT2D eigenvalue weighted by molar-refractivity contribution is 5.79. The number of amides is 1. The van der Waals surface area contributed by atoms with Crippen LogP contribution in [0.1, 0.15) is 49.7 Å². The molecule has 0 aromatic heterocycles. The average Bonchev–Trinajstić information content (AvgIpc) is 3.59. The lowest BCUT2D eigenvalue weighted by molar-refractivity contribution is -0.0283. The van der Waals surface area contributed by atoms with E-state index in [0.717, 1.165) is 13.0 Å². The molecule has 15 heteroatoms. The third-order valence-corrected chi connectivity index (χ3v) is 9.06. The van der Waals surface area contributed by atoms with E-state index in [1.165, 1.54) is 35.1 Å². The summed E-state index contributed by atoms with van der Waals surface area (Å²) in [7, 11) is 0. The van der Waals surface area contributed by atoms with Crippen LogP contribution >= 0.6 is 0 Å². The predicted molar refractivity (Wildman–Crippen MR) is 227 cm³/mol. The van der Waals surface area contributed by atoms with Gasteiger partial charge in [0.25, 0.3) is 0 Å². The molecule has 0 radical (unpaired) electrons. The third-order valence-electron chi connectivity index (χ3n) is 9.06. The van der Waals surface area contributed by atoms with E-state index < -0.39 is 6.09 Å². The number of carbonyl (C=O) groups excluding carboxylic acids is 1. The highest BCUT2D eigenvalue weighted by atomic mass is 16.6. The Morgan fingerprint density at radius 3 is 1.05 bits per heavy atom. The second-order valence-electron chi connectivity index (χ2n) is 13.7. The molecule has 3 rings (SSSR count). The summed E-state index contributed by atoms with van der Waals surface area (Å²) in [5, 5.41) is 2.81. The van der Waals surface area contributed by atoms with Gasteiger partial charge in [0.2, 0.25) is 0 Å². The van der Waals surface area contributed by atoms with Crippen LogP contribution in [-0.2, 0) is 61.6 Å². The molecule has 1 aliphatic rings. The van der Waals surface area contributed by atoms with Crippen LogP contribution in [0.2, 0.25) is 0 Å². The standard InChI is InChI=1S/C45H73NO14/c1-2-3-8-15-48-17-19-50-21-23-52-25-27-54-29-31-56-33-35-58-37-38-59-36-34-57-32-30-55-28-26-53-24-22-51-20-18-49-16-9-14-46-45(47)60-39-44-42-12-6-4-10-40(42)41-11-5-7-13-43(41)44/h4-7,10-13,44H,2-3,8-9,14-39H2,1H3,(H,46,47). The molecule has 0 saturated heterocycles. The number of rotatable bonds is 43. The molecular weight excluding hydrogens is 778 g/mol. The van der Waals surface area contributed by atoms with Crippen LogP contribution in [0.4, 0.5) is 4.79 Å². The first-order chi connectivity index (χ1) is 29.8. The molecule has 0 aliphatic heterocycles. The molecular formula is C45H73NO14. The van der Waals surface area contributed by atoms with Gasteiger partial charge in [0, 0.05) is 25.7 Å². The maximum atomic E-state index is 12.3. The van der Waals surface area contributed by atoms with Gasteiger partial charge in [-0.05, 0) is 35.1 Å². The highest BCUT2D eigenvalue weighted by Crippen LogP contribution is 2.44. The van der Waals surface area contributed by atoms with Crippen molar-refractivity contribution < 1.29 is 66.4 Å². The normalized spacial score (nSPS) is 12.2. The lowest BCUT2D eigenvalue weighted by Crippen LogP contribution is -2.27. The molecule has 0 saturated carbocycles. The van der Waals surface area contributed by atoms with E-state index in [9.17, 15) is 4.79 Å². The topological polar surface area (TPSA) is 149 Å². The van der Waals surface area contributed by atoms with Crippen molar-refractivity contribution in [3.8, 4) is 11.1 Å². The quantitative estimate of drug-likeness (QED) is 0.0860. The van der Waals surface area contributed by atoms with E-state index in [1.807, 2.05) is 24.3 Å². The fraction of sp³-hybridized carbons (Fsp3) is 0.711. The summed E-state index contributed by atoms with van der Waals surface area (Å²) >= 11 is 0. The maximum absolute atomic E-state index is 12.3. The first-order valence-corrected chi connectivity index (χ1v) is 21.8. The fourth-order valence-corrected chi connectivity index (χ4v) is 5.99. The number of alkyl carbamates (subject to hydrolysis) is 1. The number of hydrogen-bond donors (Lipinski definition) is 1. The zero-order valence-electron chi connectivity index (χ0n) is 36.1. The Morgan fingerprint density at radius 2 is 0.717 bits per heavy atom. The summed E-state index contributed by atoms with van der Waals surface area (Å²) in [6.07, 6.45) is 3.80. The molecule has 15 nitrogen and oxygen atoms in total. The Labute approximate surface area is 358 Å². The number of carbonyl (C=O) groups is 1. The fourth-order valence-electron chi connectivity index (χ4n) is 5.99. The molecule has 342 valence electrons. The average molecular weight is 852 g/mol. The van der Waals surface area contributed by atoms with Crippen molar-refractivity contribution >= 4 is 6.09 Å². The van der Waals surface area contributed by atoms with Gasteiger partial charge in [0.1, 0.15) is 6.61 Å². The van der Waals surface area contributed by atoms with E-state index >= 15 is 0 Å². The van der Waals surface area contributed by atoms with E-state index in [1.54, 1.807) is 0 Å². The molecule has 0 bridgehead atoms. The molecule has 0 spiro atoms. The lowest BCUT2D eigenvalue weighted by atomic mass is 9.98. The van der Waals surface area contributed by atoms with Crippen LogP contribution < -0.4 is 5.32 Å². The van der Waals surface area contributed by atoms with Gasteiger partial charge in [-0.3, -0.25) is 0 Å². The number of unbranched alkanes of at least 4 members (excludes halogenated alkanes) is 2. The van der Waals surface area contributed by atoms with E-state index in [-0.39, 0.29) is 5.92 Å². The highest BCUT2D eigenvalue weighted by Gasteiger charge is 2.29. The molecule has 2 aromatic rings. The van der Waals surface area contributed by atoms with Crippen molar-refractivity contribution in [2.75, 3.05) is 172 Å². The first kappa shape index (κ1) is 51.6. The largest absolute Gasteiger partial charge is 0.449 e. The van der Waals surface area contributed by atoms with Crippen LogP contribution in [-0.4, -0.2) is 178 Å². The SMILES string of the molecule is CCCCCOCCOCCOCCOCCOCCOCCOCCOCCOCCOCCOCCOCCCNC(=O)OCC1c2ccccc2-c2ccccc21. The summed E-state index contributed by atoms with van der Waals surface area (Å²) < 4.78 is 71.7. The van der Waals surface area contributed by atoms with Crippen LogP contribution in [0.5, 0.6) is 0 Å². The molecule has 2 aromatic carbocycles. The van der Waals surface area contributed by atoms with Crippen molar-refractivity contribution in [1.29, 1.82) is 0 Å². The van der Waals surface area contributed by atoms with E-state index in [4.69, 9.17) is 61.6 Å². The summed E-state index contributed by atoms with van der Waals surface area (Å²) in [4.78, 5) is 12.3. The smallest absolute Gasteiger partial charge is 0.407 e. The number of hydrogen-bond acceptors (Lipinski definition) is 14. The Balaban J connectivity index is 0.919. The summed E-state index contributed by atoms with van der Waals surface area (Å²) in [6.45, 7) is 15.6. The van der Waals surface area contributed by atoms with E-state index in [0.29, 0.717) is 172 Å². The van der Waals surface area contributed by atoms with Crippen molar-refractivity contribution in [3.63, 3.8) is 0 Å². The second-order valence-corrected chi connectivity index (χ2v) is 13.7. The van der Waals surface area contributed by atoms with Gasteiger partial charge >= 0.3 is 6.09 Å². The van der Waals surface area contributed by atoms with Gasteiger partial charge in [0.05, 0.1) is 145 Å². The Kier molecular flexibility index (Phi) is 32.6. The number of fused-ring (bicyclic) bond motifs is 3. The molecule has 0 heterocycles. The van der Waals surface area contributed by atoms with Crippen LogP contribution in [0.15, 0.2) is 48.5 Å². The summed E-state index contributed by atoms with van der Waals surface area (Å²) in [6, 6.07) is 16.6. The van der Waals surface area contributed by atoms with Crippen LogP contribution in [0.3, 0.4) is 0 Å². The first-order valence-electron chi connectivity index (χ1n) is 21.8. The minimum atomic E-state index is -0.415. The minimum Gasteiger partial charge on any atom is -0.449 e. The van der Waals surface area contributed by atoms with Gasteiger partial charge in [-0.1, -0.05) is 68.3 Å². The molecule has 1 aliphatic carbocycles. The zero-order valence-corrected chi connectivity index (χ0v) is 36.1. The molecule has 0 fully saturated rings. The van der Waals surface area contributed by atoms with Crippen molar-refractivity contribution in [2.45, 2.75) is 38.5 Å². The van der Waals surface area contributed by atoms with Gasteiger partial charge in [-0.15, -0.1) is 0 Å². The van der Waals surface area contributed by atoms with Gasteiger partial charge in [-0.25, -0.2) is 4.79 Å². The zero-order chi connectivity index (χ0) is 42.2. The Bertz CT molecular complexity index is 1240. The van der Waals surface area contributed by atoms with Gasteiger partial charge < -0.3 is 66.9 Å². The van der Waals surface area contributed by atoms with Crippen molar-refractivity contribution in [3.05, 3.63) is 59.7 Å². The third kappa shape index (κ3) is 25.9. The second kappa shape index (κ2) is 37.9. The number of nitrogens with one attached hydrogen (secondary N) is 1. The minimum absolute atomic E-state index is 0.0485. The van der Waals surface area contributed by atoms with Gasteiger partial charge in [0.15, 0.2) is 0 Å². The Morgan fingerprint density at radius 1 is 0.417 bits per heavy atom. The Hall–Kier alpha value is -2.77. The predicted octanol–water partition coefficient (Wildman–Crippen LogP) is 5.30. The van der Waals surface area contributed by atoms with Crippen LogP contribution in [0, 0.1) is 0 Å².